The molecule has 0 aliphatic carbocycles. The molecule has 4 aromatic rings. The number of benzene rings is 2. The molecule has 2 heterocycles. The number of aromatic nitrogens is 2. The topological polar surface area (TPSA) is 167 Å². The molecule has 2 aromatic carbocycles. The molecule has 0 atom stereocenters. The molecule has 0 aliphatic heterocycles. The number of amides is 1. The van der Waals surface area contributed by atoms with E-state index in [0.29, 0.717) is 30.7 Å². The van der Waals surface area contributed by atoms with Crippen molar-refractivity contribution in [2.24, 2.45) is 0 Å². The minimum atomic E-state index is -0.322. The number of fused-ring (bicyclic) bond motifs is 2. The lowest BCUT2D eigenvalue weighted by Crippen LogP contribution is -2.29. The van der Waals surface area contributed by atoms with Crippen LogP contribution in [0.25, 0.3) is 21.8 Å². The largest absolute Gasteiger partial charge is 0.305 e. The quantitative estimate of drug-likeness (QED) is 0.0747. The van der Waals surface area contributed by atoms with Crippen molar-refractivity contribution in [2.75, 3.05) is 0 Å². The third-order valence-corrected chi connectivity index (χ3v) is 7.95. The molecule has 11 heteroatoms. The number of nitrogens with one attached hydrogen (secondary N) is 5. The van der Waals surface area contributed by atoms with E-state index in [0.717, 1.165) is 56.5 Å². The standard InChI is InChI=1S/C31H31N7O2S2/c32-27(41-29(34)19-22(39)17-20-7-3-11-25-23(20)9-5-15-36-25)13-1-2-14-28(33)42-31(35)38-30(40)18-21-8-4-12-26-24(21)10-6-16-37-26/h3-12,15-16,32-34H,1-2,13-14,17-19H2,(H2,35,38,40). The Labute approximate surface area is 252 Å². The van der Waals surface area contributed by atoms with Gasteiger partial charge in [0.1, 0.15) is 5.78 Å². The fourth-order valence-corrected chi connectivity index (χ4v) is 5.88. The van der Waals surface area contributed by atoms with Crippen molar-refractivity contribution in [1.82, 2.24) is 15.3 Å². The molecule has 5 N–H and O–H groups in total. The molecule has 4 rings (SSSR count). The number of carbonyl (C=O) groups is 2. The lowest BCUT2D eigenvalue weighted by Gasteiger charge is -2.09. The van der Waals surface area contributed by atoms with Gasteiger partial charge in [-0.25, -0.2) is 0 Å². The summed E-state index contributed by atoms with van der Waals surface area (Å²) in [5, 5.41) is 37.5. The summed E-state index contributed by atoms with van der Waals surface area (Å²) in [6.45, 7) is 0. The number of hydrogen-bond donors (Lipinski definition) is 5. The third-order valence-electron chi connectivity index (χ3n) is 6.35. The summed E-state index contributed by atoms with van der Waals surface area (Å²) in [6.07, 6.45) is 5.88. The second-order valence-electron chi connectivity index (χ2n) is 9.60. The van der Waals surface area contributed by atoms with Gasteiger partial charge in [-0.3, -0.25) is 41.2 Å². The van der Waals surface area contributed by atoms with Crippen molar-refractivity contribution in [2.45, 2.75) is 44.9 Å². The maximum absolute atomic E-state index is 12.6. The number of pyridine rings is 2. The highest BCUT2D eigenvalue weighted by Gasteiger charge is 2.14. The number of carbonyl (C=O) groups excluding carboxylic acids is 2. The Kier molecular flexibility index (Phi) is 11.1. The van der Waals surface area contributed by atoms with Gasteiger partial charge in [0.2, 0.25) is 5.91 Å². The molecular weight excluding hydrogens is 567 g/mol. The van der Waals surface area contributed by atoms with E-state index in [1.165, 1.54) is 0 Å². The maximum atomic E-state index is 12.6. The third kappa shape index (κ3) is 9.15. The highest BCUT2D eigenvalue weighted by Crippen LogP contribution is 2.20. The Morgan fingerprint density at radius 2 is 1.21 bits per heavy atom. The molecule has 0 saturated heterocycles. The molecular formula is C31H31N7O2S2. The fourth-order valence-electron chi connectivity index (χ4n) is 4.45. The number of unbranched alkanes of at least 4 members (excludes halogenated alkanes) is 1. The van der Waals surface area contributed by atoms with Gasteiger partial charge in [0.05, 0.1) is 39.0 Å². The lowest BCUT2D eigenvalue weighted by atomic mass is 10.0. The van der Waals surface area contributed by atoms with Crippen LogP contribution in [0, 0.1) is 21.6 Å². The highest BCUT2D eigenvalue weighted by molar-refractivity contribution is 8.26. The van der Waals surface area contributed by atoms with Crippen LogP contribution in [-0.2, 0) is 22.4 Å². The molecule has 0 fully saturated rings. The van der Waals surface area contributed by atoms with Gasteiger partial charge in [-0.05, 0) is 72.8 Å². The monoisotopic (exact) mass is 597 g/mol. The Morgan fingerprint density at radius 1 is 0.667 bits per heavy atom. The van der Waals surface area contributed by atoms with E-state index in [9.17, 15) is 9.59 Å². The normalized spacial score (nSPS) is 10.9. The number of thioether (sulfide) groups is 2. The summed E-state index contributed by atoms with van der Waals surface area (Å²) >= 11 is 1.92. The number of hydrogen-bond acceptors (Lipinski definition) is 10. The first-order chi connectivity index (χ1) is 20.3. The van der Waals surface area contributed by atoms with Gasteiger partial charge in [0.25, 0.3) is 0 Å². The minimum absolute atomic E-state index is 0.0177. The van der Waals surface area contributed by atoms with Crippen LogP contribution >= 0.6 is 23.5 Å². The molecule has 0 saturated carbocycles. The van der Waals surface area contributed by atoms with Gasteiger partial charge in [-0.2, -0.15) is 0 Å². The molecule has 0 spiro atoms. The number of Topliss-reactive ketones (excluding diaryl/α,β-unsaturated/α-hetero) is 1. The first kappa shape index (κ1) is 30.7. The predicted molar refractivity (Wildman–Crippen MR) is 173 cm³/mol. The van der Waals surface area contributed by atoms with Gasteiger partial charge in [-0.15, -0.1) is 0 Å². The van der Waals surface area contributed by atoms with E-state index in [1.807, 2.05) is 60.7 Å². The van der Waals surface area contributed by atoms with Crippen LogP contribution in [0.1, 0.15) is 43.2 Å². The smallest absolute Gasteiger partial charge is 0.230 e. The van der Waals surface area contributed by atoms with Crippen LogP contribution in [-0.4, -0.2) is 42.0 Å². The zero-order valence-corrected chi connectivity index (χ0v) is 24.5. The molecule has 42 heavy (non-hydrogen) atoms. The van der Waals surface area contributed by atoms with Crippen molar-refractivity contribution in [1.29, 1.82) is 21.6 Å². The number of nitrogens with zero attached hydrogens (tertiary/aromatic N) is 2. The molecule has 0 unspecified atom stereocenters. The van der Waals surface area contributed by atoms with Gasteiger partial charge in [-0.1, -0.05) is 48.2 Å². The molecule has 214 valence electrons. The van der Waals surface area contributed by atoms with Gasteiger partial charge >= 0.3 is 0 Å². The van der Waals surface area contributed by atoms with Crippen molar-refractivity contribution >= 4 is 77.3 Å². The van der Waals surface area contributed by atoms with E-state index < -0.39 is 0 Å². The van der Waals surface area contributed by atoms with Gasteiger partial charge < -0.3 is 5.32 Å². The Morgan fingerprint density at radius 3 is 1.81 bits per heavy atom. The minimum Gasteiger partial charge on any atom is -0.305 e. The van der Waals surface area contributed by atoms with Gasteiger partial charge in [0, 0.05) is 29.6 Å². The van der Waals surface area contributed by atoms with E-state index in [-0.39, 0.29) is 46.2 Å². The van der Waals surface area contributed by atoms with E-state index in [2.05, 4.69) is 15.3 Å². The summed E-state index contributed by atoms with van der Waals surface area (Å²) < 4.78 is 0. The van der Waals surface area contributed by atoms with Crippen molar-refractivity contribution < 1.29 is 9.59 Å². The number of rotatable bonds is 11. The van der Waals surface area contributed by atoms with Crippen molar-refractivity contribution in [3.05, 3.63) is 84.2 Å². The van der Waals surface area contributed by atoms with Crippen molar-refractivity contribution in [3.63, 3.8) is 0 Å². The Bertz CT molecular complexity index is 1540. The Hall–Kier alpha value is -4.22. The van der Waals surface area contributed by atoms with Crippen LogP contribution in [0.15, 0.2) is 73.1 Å². The van der Waals surface area contributed by atoms with Crippen LogP contribution in [0.4, 0.5) is 0 Å². The number of ketones is 1. The SMILES string of the molecule is N=C(CCCCC(=N)SC(=N)NC(=O)Cc1cccc2ncccc12)SC(=N)CC(=O)Cc1cccc2ncccc12. The van der Waals surface area contributed by atoms with Crippen LogP contribution in [0.5, 0.6) is 0 Å². The summed E-state index contributed by atoms with van der Waals surface area (Å²) in [4.78, 5) is 33.6. The first-order valence-corrected chi connectivity index (χ1v) is 15.0. The Balaban J connectivity index is 1.10. The van der Waals surface area contributed by atoms with Crippen molar-refractivity contribution in [3.8, 4) is 0 Å². The fraction of sp³-hybridized carbons (Fsp3) is 0.226. The highest BCUT2D eigenvalue weighted by atomic mass is 32.2. The van der Waals surface area contributed by atoms with E-state index in [4.69, 9.17) is 21.6 Å². The molecule has 9 nitrogen and oxygen atoms in total. The molecule has 0 bridgehead atoms. The molecule has 0 aliphatic rings. The zero-order valence-electron chi connectivity index (χ0n) is 22.9. The van der Waals surface area contributed by atoms with E-state index >= 15 is 0 Å². The molecule has 2 aromatic heterocycles. The average molecular weight is 598 g/mol. The average Bonchev–Trinajstić information content (AvgIpc) is 2.95. The summed E-state index contributed by atoms with van der Waals surface area (Å²) in [6, 6.07) is 18.8. The summed E-state index contributed by atoms with van der Waals surface area (Å²) in [5.41, 5.74) is 3.34. The van der Waals surface area contributed by atoms with Crippen LogP contribution in [0.2, 0.25) is 0 Å². The first-order valence-electron chi connectivity index (χ1n) is 13.4. The second kappa shape index (κ2) is 15.1. The zero-order chi connectivity index (χ0) is 29.9. The molecule has 1 amide bonds. The second-order valence-corrected chi connectivity index (χ2v) is 11.9. The van der Waals surface area contributed by atoms with E-state index in [1.54, 1.807) is 12.4 Å². The summed E-state index contributed by atoms with van der Waals surface area (Å²) in [7, 11) is 0. The maximum Gasteiger partial charge on any atom is 0.230 e. The number of amidine groups is 1. The molecule has 0 radical (unpaired) electrons. The van der Waals surface area contributed by atoms with Crippen LogP contribution in [0.3, 0.4) is 0 Å². The van der Waals surface area contributed by atoms with Crippen LogP contribution < -0.4 is 5.32 Å². The summed E-state index contributed by atoms with van der Waals surface area (Å²) in [5.74, 6) is -0.400. The van der Waals surface area contributed by atoms with Gasteiger partial charge in [0.15, 0.2) is 5.17 Å². The lowest BCUT2D eigenvalue weighted by molar-refractivity contribution is -0.119. The predicted octanol–water partition coefficient (Wildman–Crippen LogP) is 6.54.